The molecule has 1 heterocycles. The first-order valence-electron chi connectivity index (χ1n) is 12.5. The van der Waals surface area contributed by atoms with Gasteiger partial charge in [-0.25, -0.2) is 4.79 Å². The van der Waals surface area contributed by atoms with Gasteiger partial charge in [-0.3, -0.25) is 4.79 Å². The van der Waals surface area contributed by atoms with Crippen LogP contribution in [0.2, 0.25) is 0 Å². The topological polar surface area (TPSA) is 99.1 Å². The lowest BCUT2D eigenvalue weighted by molar-refractivity contribution is -0.187. The first-order valence-corrected chi connectivity index (χ1v) is 12.5. The summed E-state index contributed by atoms with van der Waals surface area (Å²) in [7, 11) is 0. The average molecular weight is 453 g/mol. The third-order valence-corrected chi connectivity index (χ3v) is 8.86. The van der Waals surface area contributed by atoms with Crippen molar-refractivity contribution in [1.29, 1.82) is 0 Å². The number of ether oxygens (including phenoxy) is 1. The minimum Gasteiger partial charge on any atom is -0.446 e. The zero-order chi connectivity index (χ0) is 23.7. The van der Waals surface area contributed by atoms with Crippen molar-refractivity contribution in [2.45, 2.75) is 97.8 Å². The maximum atomic E-state index is 13.2. The molecule has 3 fully saturated rings. The van der Waals surface area contributed by atoms with Crippen LogP contribution in [0, 0.1) is 28.6 Å². The molecule has 0 aromatic carbocycles. The molecule has 2 amide bonds. The fourth-order valence-electron chi connectivity index (χ4n) is 6.75. The zero-order valence-electron chi connectivity index (χ0n) is 20.6. The molecule has 2 aliphatic carbocycles. The Morgan fingerprint density at radius 3 is 2.38 bits per heavy atom. The predicted molar refractivity (Wildman–Crippen MR) is 123 cm³/mol. The standard InChI is InChI=1S/C25H44N2O5/c1-16(2)26-23(31)32-21-8-11-24(4)18(14-22(30)27-12-9-17(3)10-13-27)19(29)6-7-20(24)25(21,5)15-28/h16-21,28-29H,6-15H2,1-5H3,(H,26,31)/t18-,19-,20+,21-,24+,25+/m1/s1. The molecule has 6 atom stereocenters. The molecule has 0 unspecified atom stereocenters. The molecule has 0 radical (unpaired) electrons. The molecular weight excluding hydrogens is 408 g/mol. The lowest BCUT2D eigenvalue weighted by atomic mass is 9.46. The van der Waals surface area contributed by atoms with Crippen LogP contribution in [0.25, 0.3) is 0 Å². The number of piperidine rings is 1. The normalized spacial score (nSPS) is 38.3. The van der Waals surface area contributed by atoms with Gasteiger partial charge < -0.3 is 25.2 Å². The summed E-state index contributed by atoms with van der Waals surface area (Å²) in [4.78, 5) is 27.5. The Hall–Kier alpha value is -1.34. The number of hydrogen-bond acceptors (Lipinski definition) is 5. The van der Waals surface area contributed by atoms with Gasteiger partial charge in [-0.1, -0.05) is 20.8 Å². The molecular formula is C25H44N2O5. The summed E-state index contributed by atoms with van der Waals surface area (Å²) in [5.74, 6) is 0.718. The maximum absolute atomic E-state index is 13.2. The first-order chi connectivity index (χ1) is 15.0. The van der Waals surface area contributed by atoms with Crippen LogP contribution in [-0.2, 0) is 9.53 Å². The van der Waals surface area contributed by atoms with Crippen LogP contribution in [0.1, 0.15) is 79.6 Å². The van der Waals surface area contributed by atoms with Crippen LogP contribution in [0.5, 0.6) is 0 Å². The van der Waals surface area contributed by atoms with Crippen LogP contribution >= 0.6 is 0 Å². The largest absolute Gasteiger partial charge is 0.446 e. The van der Waals surface area contributed by atoms with E-state index in [0.29, 0.717) is 25.2 Å². The van der Waals surface area contributed by atoms with Crippen LogP contribution in [0.4, 0.5) is 4.79 Å². The summed E-state index contributed by atoms with van der Waals surface area (Å²) in [6, 6.07) is -0.0188. The van der Waals surface area contributed by atoms with E-state index in [1.807, 2.05) is 25.7 Å². The highest BCUT2D eigenvalue weighted by Gasteiger charge is 2.60. The highest BCUT2D eigenvalue weighted by Crippen LogP contribution is 2.61. The third-order valence-electron chi connectivity index (χ3n) is 8.86. The fourth-order valence-corrected chi connectivity index (χ4v) is 6.75. The molecule has 0 spiro atoms. The Labute approximate surface area is 193 Å². The molecule has 0 aromatic heterocycles. The van der Waals surface area contributed by atoms with E-state index in [2.05, 4.69) is 19.2 Å². The van der Waals surface area contributed by atoms with Gasteiger partial charge in [0.25, 0.3) is 0 Å². The van der Waals surface area contributed by atoms with Crippen molar-refractivity contribution in [3.05, 3.63) is 0 Å². The van der Waals surface area contributed by atoms with Crippen molar-refractivity contribution in [1.82, 2.24) is 10.2 Å². The number of alkyl carbamates (subject to hydrolysis) is 1. The molecule has 3 aliphatic rings. The number of aliphatic hydroxyl groups is 2. The van der Waals surface area contributed by atoms with Crippen molar-refractivity contribution in [2.75, 3.05) is 19.7 Å². The monoisotopic (exact) mass is 452 g/mol. The number of likely N-dealkylation sites (tertiary alicyclic amines) is 1. The molecule has 32 heavy (non-hydrogen) atoms. The molecule has 1 saturated heterocycles. The Kier molecular flexibility index (Phi) is 7.81. The summed E-state index contributed by atoms with van der Waals surface area (Å²) in [6.45, 7) is 11.7. The molecule has 7 heteroatoms. The number of fused-ring (bicyclic) bond motifs is 1. The molecule has 184 valence electrons. The van der Waals surface area contributed by atoms with E-state index in [4.69, 9.17) is 4.74 Å². The number of aliphatic hydroxyl groups excluding tert-OH is 2. The highest BCUT2D eigenvalue weighted by molar-refractivity contribution is 5.76. The van der Waals surface area contributed by atoms with E-state index in [-0.39, 0.29) is 41.9 Å². The molecule has 3 N–H and O–H groups in total. The molecule has 7 nitrogen and oxygen atoms in total. The molecule has 1 aliphatic heterocycles. The van der Waals surface area contributed by atoms with Gasteiger partial charge in [0, 0.05) is 31.0 Å². The summed E-state index contributed by atoms with van der Waals surface area (Å²) in [6.07, 6.45) is 3.82. The average Bonchev–Trinajstić information content (AvgIpc) is 2.72. The first kappa shape index (κ1) is 25.3. The van der Waals surface area contributed by atoms with Gasteiger partial charge in [0.15, 0.2) is 0 Å². The van der Waals surface area contributed by atoms with Crippen molar-refractivity contribution in [3.8, 4) is 0 Å². The van der Waals surface area contributed by atoms with Gasteiger partial charge in [0.1, 0.15) is 6.10 Å². The molecule has 2 saturated carbocycles. The Balaban J connectivity index is 1.77. The number of hydrogen-bond donors (Lipinski definition) is 3. The highest BCUT2D eigenvalue weighted by atomic mass is 16.6. The summed E-state index contributed by atoms with van der Waals surface area (Å²) >= 11 is 0. The van der Waals surface area contributed by atoms with Gasteiger partial charge in [-0.05, 0) is 75.5 Å². The zero-order valence-corrected chi connectivity index (χ0v) is 20.6. The van der Waals surface area contributed by atoms with E-state index >= 15 is 0 Å². The van der Waals surface area contributed by atoms with Crippen molar-refractivity contribution in [2.24, 2.45) is 28.6 Å². The van der Waals surface area contributed by atoms with E-state index < -0.39 is 17.6 Å². The number of amides is 2. The maximum Gasteiger partial charge on any atom is 0.407 e. The predicted octanol–water partition coefficient (Wildman–Crippen LogP) is 3.32. The lowest BCUT2D eigenvalue weighted by Gasteiger charge is -2.60. The summed E-state index contributed by atoms with van der Waals surface area (Å²) in [5, 5.41) is 24.3. The number of rotatable bonds is 5. The van der Waals surface area contributed by atoms with E-state index in [9.17, 15) is 19.8 Å². The van der Waals surface area contributed by atoms with Gasteiger partial charge in [0.05, 0.1) is 12.7 Å². The lowest BCUT2D eigenvalue weighted by Crippen LogP contribution is -2.61. The van der Waals surface area contributed by atoms with Crippen molar-refractivity contribution < 1.29 is 24.5 Å². The quantitative estimate of drug-likeness (QED) is 0.594. The van der Waals surface area contributed by atoms with Crippen LogP contribution in [0.15, 0.2) is 0 Å². The van der Waals surface area contributed by atoms with E-state index in [1.165, 1.54) is 0 Å². The van der Waals surface area contributed by atoms with E-state index in [1.54, 1.807) is 0 Å². The van der Waals surface area contributed by atoms with Crippen LogP contribution < -0.4 is 5.32 Å². The number of nitrogens with zero attached hydrogens (tertiary/aromatic N) is 1. The number of carbonyl (C=O) groups excluding carboxylic acids is 2. The van der Waals surface area contributed by atoms with Gasteiger partial charge in [-0.15, -0.1) is 0 Å². The third kappa shape index (κ3) is 4.93. The van der Waals surface area contributed by atoms with Crippen LogP contribution in [0.3, 0.4) is 0 Å². The van der Waals surface area contributed by atoms with Crippen molar-refractivity contribution >= 4 is 12.0 Å². The van der Waals surface area contributed by atoms with Gasteiger partial charge >= 0.3 is 6.09 Å². The molecule has 0 aromatic rings. The minimum absolute atomic E-state index is 0.0188. The molecule has 0 bridgehead atoms. The second-order valence-electron chi connectivity index (χ2n) is 11.5. The summed E-state index contributed by atoms with van der Waals surface area (Å²) < 4.78 is 5.80. The van der Waals surface area contributed by atoms with Crippen LogP contribution in [-0.4, -0.2) is 65.1 Å². The second-order valence-corrected chi connectivity index (χ2v) is 11.5. The Morgan fingerprint density at radius 2 is 1.78 bits per heavy atom. The number of carbonyl (C=O) groups is 2. The SMILES string of the molecule is CC1CCN(C(=O)C[C@@H]2[C@H](O)CC[C@@H]3[C@](C)(CO)[C@H](OC(=O)NC(C)C)CC[C@]32C)CC1. The smallest absolute Gasteiger partial charge is 0.407 e. The summed E-state index contributed by atoms with van der Waals surface area (Å²) in [5.41, 5.74) is -0.897. The Morgan fingerprint density at radius 1 is 1.12 bits per heavy atom. The van der Waals surface area contributed by atoms with E-state index in [0.717, 1.165) is 38.8 Å². The van der Waals surface area contributed by atoms with Crippen molar-refractivity contribution in [3.63, 3.8) is 0 Å². The Bertz CT molecular complexity index is 677. The molecule has 3 rings (SSSR count). The van der Waals surface area contributed by atoms with Gasteiger partial charge in [0.2, 0.25) is 5.91 Å². The minimum atomic E-state index is -0.608. The van der Waals surface area contributed by atoms with Gasteiger partial charge in [-0.2, -0.15) is 0 Å². The number of nitrogens with one attached hydrogen (secondary N) is 1. The fraction of sp³-hybridized carbons (Fsp3) is 0.920. The second kappa shape index (κ2) is 9.88.